The summed E-state index contributed by atoms with van der Waals surface area (Å²) in [4.78, 5) is 1.79. The minimum absolute atomic E-state index is 0. The molecular weight excluding hydrogens is 210 g/mol. The standard InChI is InChI=1S/C6H15NO3.Ca.ClH.2H/c8-4-1-7(2-5-9)3-6-10;;;;/h8-10H,1-6H2;;1H;;/q;+2;;2*-1. The molecule has 12 heavy (non-hydrogen) atoms. The topological polar surface area (TPSA) is 63.9 Å². The van der Waals surface area contributed by atoms with E-state index in [-0.39, 0.29) is 72.8 Å². The second-order valence-corrected chi connectivity index (χ2v) is 2.01. The maximum Gasteiger partial charge on any atom is 2.00 e. The monoisotopic (exact) mass is 227 g/mol. The average Bonchev–Trinajstić information content (AvgIpc) is 1.90. The van der Waals surface area contributed by atoms with E-state index >= 15 is 0 Å². The summed E-state index contributed by atoms with van der Waals surface area (Å²) in [5.41, 5.74) is 0. The largest absolute Gasteiger partial charge is 2.00 e. The number of rotatable bonds is 6. The molecule has 0 aromatic rings. The van der Waals surface area contributed by atoms with Crippen LogP contribution < -0.4 is 0 Å². The summed E-state index contributed by atoms with van der Waals surface area (Å²) in [6.07, 6.45) is 0. The van der Waals surface area contributed by atoms with Gasteiger partial charge in [0.2, 0.25) is 0 Å². The van der Waals surface area contributed by atoms with Gasteiger partial charge in [0.25, 0.3) is 0 Å². The molecule has 0 aromatic heterocycles. The van der Waals surface area contributed by atoms with Crippen LogP contribution in [0, 0.1) is 0 Å². The quantitative estimate of drug-likeness (QED) is 0.485. The molecule has 0 saturated heterocycles. The molecule has 0 atom stereocenters. The zero-order valence-corrected chi connectivity index (χ0v) is 10.2. The normalized spacial score (nSPS) is 9.00. The Morgan fingerprint density at radius 1 is 0.833 bits per heavy atom. The number of aliphatic hydroxyl groups excluding tert-OH is 3. The van der Waals surface area contributed by atoms with Crippen LogP contribution in [0.4, 0.5) is 0 Å². The molecule has 0 unspecified atom stereocenters. The Hall–Kier alpha value is 1.39. The van der Waals surface area contributed by atoms with Crippen molar-refractivity contribution in [2.24, 2.45) is 0 Å². The van der Waals surface area contributed by atoms with E-state index < -0.39 is 0 Å². The third kappa shape index (κ3) is 11.4. The van der Waals surface area contributed by atoms with E-state index in [9.17, 15) is 0 Å². The molecule has 0 spiro atoms. The van der Waals surface area contributed by atoms with Gasteiger partial charge in [0.15, 0.2) is 0 Å². The Labute approximate surface area is 112 Å². The third-order valence-corrected chi connectivity index (χ3v) is 1.25. The zero-order chi connectivity index (χ0) is 7.82. The number of halogens is 1. The van der Waals surface area contributed by atoms with Crippen LogP contribution in [0.2, 0.25) is 0 Å². The van der Waals surface area contributed by atoms with Crippen LogP contribution in [0.5, 0.6) is 0 Å². The van der Waals surface area contributed by atoms with E-state index in [0.29, 0.717) is 19.6 Å². The number of aliphatic hydroxyl groups is 3. The summed E-state index contributed by atoms with van der Waals surface area (Å²) >= 11 is 0. The Kier molecular flexibility index (Phi) is 23.6. The number of hydrogen-bond donors (Lipinski definition) is 3. The van der Waals surface area contributed by atoms with Crippen molar-refractivity contribution in [1.29, 1.82) is 0 Å². The van der Waals surface area contributed by atoms with Gasteiger partial charge in [-0.25, -0.2) is 0 Å². The maximum absolute atomic E-state index is 8.48. The number of nitrogens with zero attached hydrogens (tertiary/aromatic N) is 1. The average molecular weight is 228 g/mol. The van der Waals surface area contributed by atoms with Gasteiger partial charge in [-0.05, 0) is 0 Å². The zero-order valence-electron chi connectivity index (χ0n) is 9.15. The van der Waals surface area contributed by atoms with Crippen LogP contribution in [-0.2, 0) is 0 Å². The minimum atomic E-state index is 0. The molecule has 0 saturated carbocycles. The summed E-state index contributed by atoms with van der Waals surface area (Å²) < 4.78 is 0. The van der Waals surface area contributed by atoms with Crippen molar-refractivity contribution in [3.05, 3.63) is 0 Å². The molecule has 0 amide bonds. The molecule has 74 valence electrons. The predicted molar refractivity (Wildman–Crippen MR) is 52.9 cm³/mol. The van der Waals surface area contributed by atoms with E-state index in [4.69, 9.17) is 15.3 Å². The number of hydrogen-bond acceptors (Lipinski definition) is 4. The van der Waals surface area contributed by atoms with Gasteiger partial charge >= 0.3 is 37.7 Å². The summed E-state index contributed by atoms with van der Waals surface area (Å²) in [5.74, 6) is 0. The molecule has 0 fully saturated rings. The first-order valence-corrected chi connectivity index (χ1v) is 3.40. The van der Waals surface area contributed by atoms with Gasteiger partial charge in [0, 0.05) is 19.6 Å². The molecule has 0 heterocycles. The van der Waals surface area contributed by atoms with E-state index in [1.807, 2.05) is 0 Å². The van der Waals surface area contributed by atoms with Crippen LogP contribution in [0.25, 0.3) is 0 Å². The molecule has 3 N–H and O–H groups in total. The van der Waals surface area contributed by atoms with Gasteiger partial charge in [0.1, 0.15) is 0 Å². The van der Waals surface area contributed by atoms with Crippen LogP contribution in [0.3, 0.4) is 0 Å². The molecule has 6 heteroatoms. The van der Waals surface area contributed by atoms with Gasteiger partial charge in [-0.15, -0.1) is 12.4 Å². The fourth-order valence-corrected chi connectivity index (χ4v) is 0.760. The molecule has 0 aliphatic rings. The van der Waals surface area contributed by atoms with Crippen molar-refractivity contribution in [1.82, 2.24) is 4.90 Å². The van der Waals surface area contributed by atoms with Crippen molar-refractivity contribution in [3.63, 3.8) is 0 Å². The molecule has 0 rings (SSSR count). The molecule has 0 aromatic carbocycles. The van der Waals surface area contributed by atoms with Crippen molar-refractivity contribution < 1.29 is 18.2 Å². The maximum atomic E-state index is 8.48. The van der Waals surface area contributed by atoms with Gasteiger partial charge in [0.05, 0.1) is 19.8 Å². The third-order valence-electron chi connectivity index (χ3n) is 1.25. The van der Waals surface area contributed by atoms with Crippen LogP contribution in [0.15, 0.2) is 0 Å². The summed E-state index contributed by atoms with van der Waals surface area (Å²) in [5, 5.41) is 25.5. The van der Waals surface area contributed by atoms with Crippen molar-refractivity contribution in [2.75, 3.05) is 39.5 Å². The van der Waals surface area contributed by atoms with E-state index in [1.54, 1.807) is 4.90 Å². The first-order chi connectivity index (χ1) is 4.85. The molecule has 0 bridgehead atoms. The minimum Gasteiger partial charge on any atom is -1.00 e. The molecule has 0 aliphatic carbocycles. The smallest absolute Gasteiger partial charge is 1.00 e. The van der Waals surface area contributed by atoms with E-state index in [1.165, 1.54) is 0 Å². The predicted octanol–water partition coefficient (Wildman–Crippen LogP) is -1.47. The Morgan fingerprint density at radius 2 is 1.08 bits per heavy atom. The van der Waals surface area contributed by atoms with Crippen LogP contribution >= 0.6 is 12.4 Å². The van der Waals surface area contributed by atoms with Gasteiger partial charge in [-0.2, -0.15) is 0 Å². The SMILES string of the molecule is Cl.OCCN(CCO)CCO.[Ca+2].[H-].[H-]. The van der Waals surface area contributed by atoms with Gasteiger partial charge in [-0.3, -0.25) is 4.90 Å². The molecule has 0 radical (unpaired) electrons. The van der Waals surface area contributed by atoms with E-state index in [0.717, 1.165) is 0 Å². The Bertz CT molecular complexity index is 73.8. The van der Waals surface area contributed by atoms with E-state index in [2.05, 4.69) is 0 Å². The van der Waals surface area contributed by atoms with Crippen LogP contribution in [0.1, 0.15) is 2.85 Å². The summed E-state index contributed by atoms with van der Waals surface area (Å²) in [6, 6.07) is 0. The molecule has 0 aliphatic heterocycles. The van der Waals surface area contributed by atoms with Crippen molar-refractivity contribution in [3.8, 4) is 0 Å². The van der Waals surface area contributed by atoms with Crippen LogP contribution in [-0.4, -0.2) is 97.4 Å². The first kappa shape index (κ1) is 19.0. The Morgan fingerprint density at radius 3 is 1.25 bits per heavy atom. The van der Waals surface area contributed by atoms with Gasteiger partial charge < -0.3 is 18.2 Å². The van der Waals surface area contributed by atoms with Gasteiger partial charge in [-0.1, -0.05) is 0 Å². The van der Waals surface area contributed by atoms with Crippen molar-refractivity contribution in [2.45, 2.75) is 0 Å². The summed E-state index contributed by atoms with van der Waals surface area (Å²) in [6.45, 7) is 1.75. The second kappa shape index (κ2) is 14.9. The fraction of sp³-hybridized carbons (Fsp3) is 1.00. The second-order valence-electron chi connectivity index (χ2n) is 2.01. The summed E-state index contributed by atoms with van der Waals surface area (Å²) in [7, 11) is 0. The first-order valence-electron chi connectivity index (χ1n) is 3.40. The fourth-order valence-electron chi connectivity index (χ4n) is 0.760. The molecule has 4 nitrogen and oxygen atoms in total. The molecular formula is C6H18CaClNO3. The van der Waals surface area contributed by atoms with Crippen molar-refractivity contribution >= 4 is 50.1 Å². The Balaban J connectivity index is -0.0000000675.